The molecule has 0 amide bonds. The van der Waals surface area contributed by atoms with E-state index in [1.165, 1.54) is 27.5 Å². The van der Waals surface area contributed by atoms with E-state index < -0.39 is 16.1 Å². The zero-order chi connectivity index (χ0) is 20.7. The Balaban J connectivity index is 2.16. The molecule has 148 valence electrons. The molecule has 3 rings (SSSR count). The molecule has 1 heterocycles. The summed E-state index contributed by atoms with van der Waals surface area (Å²) in [5.74, 6) is 0. The molecule has 0 fully saturated rings. The zero-order valence-electron chi connectivity index (χ0n) is 18.8. The number of aryl methyl sites for hydroxylation is 1. The number of allylic oxidation sites excluding steroid dienone is 3. The number of rotatable bonds is 5. The molecule has 0 radical (unpaired) electrons. The molecule has 0 saturated heterocycles. The van der Waals surface area contributed by atoms with E-state index in [4.69, 9.17) is 0 Å². The SMILES string of the molecule is C/C=C(\C=C/C(NC)c1c(C)ccc2c1[Si](C)(C)c1ccccc1-2)[Si](C)(C)C. The molecular weight excluding hydrogens is 370 g/mol. The van der Waals surface area contributed by atoms with Gasteiger partial charge in [-0.2, -0.15) is 0 Å². The summed E-state index contributed by atoms with van der Waals surface area (Å²) in [5.41, 5.74) is 5.80. The topological polar surface area (TPSA) is 12.0 Å². The van der Waals surface area contributed by atoms with E-state index in [0.29, 0.717) is 0 Å². The zero-order valence-corrected chi connectivity index (χ0v) is 20.8. The average molecular weight is 406 g/mol. The molecule has 0 saturated carbocycles. The van der Waals surface area contributed by atoms with Crippen LogP contribution in [0.2, 0.25) is 32.7 Å². The average Bonchev–Trinajstić information content (AvgIpc) is 2.87. The summed E-state index contributed by atoms with van der Waals surface area (Å²) in [7, 11) is -0.952. The quantitative estimate of drug-likeness (QED) is 0.516. The molecule has 1 aliphatic rings. The highest BCUT2D eigenvalue weighted by molar-refractivity contribution is 7.04. The molecule has 0 aliphatic carbocycles. The third-order valence-electron chi connectivity index (χ3n) is 6.25. The second-order valence-corrected chi connectivity index (χ2v) is 18.9. The van der Waals surface area contributed by atoms with Crippen molar-refractivity contribution in [1.82, 2.24) is 5.32 Å². The van der Waals surface area contributed by atoms with Crippen molar-refractivity contribution < 1.29 is 0 Å². The maximum Gasteiger partial charge on any atom is 0.114 e. The number of benzene rings is 2. The number of nitrogens with one attached hydrogen (secondary N) is 1. The Morgan fingerprint density at radius 2 is 1.71 bits per heavy atom. The van der Waals surface area contributed by atoms with Crippen molar-refractivity contribution in [3.05, 3.63) is 70.9 Å². The molecule has 0 spiro atoms. The minimum Gasteiger partial charge on any atom is -0.310 e. The van der Waals surface area contributed by atoms with Gasteiger partial charge < -0.3 is 5.32 Å². The Morgan fingerprint density at radius 3 is 2.32 bits per heavy atom. The van der Waals surface area contributed by atoms with Gasteiger partial charge in [0.2, 0.25) is 0 Å². The van der Waals surface area contributed by atoms with E-state index >= 15 is 0 Å². The van der Waals surface area contributed by atoms with Crippen LogP contribution in [-0.2, 0) is 0 Å². The first-order valence-electron chi connectivity index (χ1n) is 10.4. The van der Waals surface area contributed by atoms with Crippen molar-refractivity contribution in [3.63, 3.8) is 0 Å². The highest BCUT2D eigenvalue weighted by Gasteiger charge is 2.40. The summed E-state index contributed by atoms with van der Waals surface area (Å²) in [4.78, 5) is 0. The van der Waals surface area contributed by atoms with E-state index in [1.807, 2.05) is 0 Å². The lowest BCUT2D eigenvalue weighted by atomic mass is 9.95. The molecule has 28 heavy (non-hydrogen) atoms. The van der Waals surface area contributed by atoms with Crippen LogP contribution in [-0.4, -0.2) is 23.2 Å². The van der Waals surface area contributed by atoms with E-state index in [0.717, 1.165) is 0 Å². The third-order valence-corrected chi connectivity index (χ3v) is 12.0. The van der Waals surface area contributed by atoms with Gasteiger partial charge in [-0.05, 0) is 53.5 Å². The Bertz CT molecular complexity index is 946. The second-order valence-electron chi connectivity index (χ2n) is 9.51. The van der Waals surface area contributed by atoms with Crippen LogP contribution in [0.4, 0.5) is 0 Å². The van der Waals surface area contributed by atoms with Crippen molar-refractivity contribution >= 4 is 26.5 Å². The van der Waals surface area contributed by atoms with Gasteiger partial charge >= 0.3 is 0 Å². The summed E-state index contributed by atoms with van der Waals surface area (Å²) in [6.45, 7) is 16.7. The summed E-state index contributed by atoms with van der Waals surface area (Å²) >= 11 is 0. The van der Waals surface area contributed by atoms with Gasteiger partial charge in [0.25, 0.3) is 0 Å². The first kappa shape index (κ1) is 21.0. The van der Waals surface area contributed by atoms with Crippen LogP contribution in [0.15, 0.2) is 59.8 Å². The predicted octanol–water partition coefficient (Wildman–Crippen LogP) is 5.44. The largest absolute Gasteiger partial charge is 0.310 e. The molecule has 1 unspecified atom stereocenters. The van der Waals surface area contributed by atoms with Gasteiger partial charge in [0, 0.05) is 0 Å². The van der Waals surface area contributed by atoms with Crippen molar-refractivity contribution in [3.8, 4) is 11.1 Å². The monoisotopic (exact) mass is 405 g/mol. The fourth-order valence-corrected chi connectivity index (χ4v) is 9.79. The minimum absolute atomic E-state index is 0.238. The van der Waals surface area contributed by atoms with Crippen LogP contribution in [0.1, 0.15) is 24.1 Å². The Labute approximate surface area is 173 Å². The molecule has 0 bridgehead atoms. The second kappa shape index (κ2) is 7.62. The van der Waals surface area contributed by atoms with Gasteiger partial charge in [0.15, 0.2) is 0 Å². The Kier molecular flexibility index (Phi) is 5.72. The molecule has 3 heteroatoms. The van der Waals surface area contributed by atoms with E-state index in [2.05, 4.69) is 114 Å². The number of hydrogen-bond acceptors (Lipinski definition) is 1. The van der Waals surface area contributed by atoms with Crippen LogP contribution in [0.3, 0.4) is 0 Å². The maximum atomic E-state index is 3.61. The molecule has 1 aliphatic heterocycles. The van der Waals surface area contributed by atoms with Crippen LogP contribution < -0.4 is 15.7 Å². The fourth-order valence-electron chi connectivity index (χ4n) is 4.74. The first-order chi connectivity index (χ1) is 13.1. The van der Waals surface area contributed by atoms with Crippen LogP contribution in [0, 0.1) is 6.92 Å². The van der Waals surface area contributed by atoms with Crippen molar-refractivity contribution in [2.45, 2.75) is 52.6 Å². The number of hydrogen-bond donors (Lipinski definition) is 1. The van der Waals surface area contributed by atoms with Crippen LogP contribution in [0.25, 0.3) is 11.1 Å². The van der Waals surface area contributed by atoms with Crippen molar-refractivity contribution in [2.24, 2.45) is 0 Å². The van der Waals surface area contributed by atoms with Crippen molar-refractivity contribution in [2.75, 3.05) is 7.05 Å². The number of likely N-dealkylation sites (N-methyl/N-ethyl adjacent to an activating group) is 1. The molecule has 0 aromatic heterocycles. The van der Waals surface area contributed by atoms with Gasteiger partial charge in [0.1, 0.15) is 8.07 Å². The lowest BCUT2D eigenvalue weighted by molar-refractivity contribution is 0.713. The molecule has 1 N–H and O–H groups in total. The molecule has 1 nitrogen and oxygen atoms in total. The van der Waals surface area contributed by atoms with E-state index in [1.54, 1.807) is 10.4 Å². The summed E-state index contributed by atoms with van der Waals surface area (Å²) in [6.07, 6.45) is 7.07. The van der Waals surface area contributed by atoms with Gasteiger partial charge in [0.05, 0.1) is 14.1 Å². The molecular formula is C25H35NSi2. The van der Waals surface area contributed by atoms with Crippen molar-refractivity contribution in [1.29, 1.82) is 0 Å². The number of fused-ring (bicyclic) bond motifs is 3. The third kappa shape index (κ3) is 3.52. The summed E-state index contributed by atoms with van der Waals surface area (Å²) < 4.78 is 0. The van der Waals surface area contributed by atoms with E-state index in [-0.39, 0.29) is 6.04 Å². The molecule has 2 aromatic carbocycles. The summed E-state index contributed by atoms with van der Waals surface area (Å²) in [6, 6.07) is 13.9. The highest BCUT2D eigenvalue weighted by Crippen LogP contribution is 2.33. The summed E-state index contributed by atoms with van der Waals surface area (Å²) in [5, 5.41) is 8.31. The Hall–Kier alpha value is -1.69. The lowest BCUT2D eigenvalue weighted by Crippen LogP contribution is -2.51. The van der Waals surface area contributed by atoms with Gasteiger partial charge in [-0.1, -0.05) is 92.6 Å². The van der Waals surface area contributed by atoms with Crippen LogP contribution in [0.5, 0.6) is 0 Å². The smallest absolute Gasteiger partial charge is 0.114 e. The molecule has 2 aromatic rings. The normalized spacial score (nSPS) is 16.9. The van der Waals surface area contributed by atoms with E-state index in [9.17, 15) is 0 Å². The Morgan fingerprint density at radius 1 is 1.04 bits per heavy atom. The highest BCUT2D eigenvalue weighted by atomic mass is 28.3. The van der Waals surface area contributed by atoms with Gasteiger partial charge in [-0.15, -0.1) is 0 Å². The fraction of sp³-hybridized carbons (Fsp3) is 0.360. The minimum atomic E-state index is -1.72. The lowest BCUT2D eigenvalue weighted by Gasteiger charge is -2.27. The predicted molar refractivity (Wildman–Crippen MR) is 131 cm³/mol. The maximum absolute atomic E-state index is 3.61. The van der Waals surface area contributed by atoms with Gasteiger partial charge in [-0.25, -0.2) is 0 Å². The van der Waals surface area contributed by atoms with Gasteiger partial charge in [-0.3, -0.25) is 0 Å². The standard InChI is InChI=1S/C25H35NSi2/c1-9-19(27(4,5)6)15-17-22(26-3)24-18(2)14-16-21-20-12-10-11-13-23(20)28(7,8)25(21)24/h9-17,22,26H,1-8H3/b17-15-,19-9+. The van der Waals surface area contributed by atoms with Crippen LogP contribution >= 0.6 is 0 Å². The first-order valence-corrected chi connectivity index (χ1v) is 16.9. The molecule has 1 atom stereocenters.